The number of likely N-dealkylation sites (tertiary alicyclic amines) is 1. The topological polar surface area (TPSA) is 65.7 Å². The van der Waals surface area contributed by atoms with Crippen LogP contribution in [0.5, 0.6) is 0 Å². The summed E-state index contributed by atoms with van der Waals surface area (Å²) in [5, 5.41) is 10.5. The third-order valence-electron chi connectivity index (χ3n) is 5.11. The largest absolute Gasteiger partial charge is 0.401 e. The number of nitrogens with one attached hydrogen (secondary N) is 2. The van der Waals surface area contributed by atoms with Gasteiger partial charge >= 0.3 is 6.18 Å². The van der Waals surface area contributed by atoms with Crippen molar-refractivity contribution in [3.63, 3.8) is 0 Å². The standard InChI is InChI=1S/C19H32F3N5O/c1-4-23-18(25-10-6-17-14(2)26-28-15(17)3)24-9-5-16-7-11-27(12-8-16)13-19(20,21)22/h16H,4-13H2,1-3H3,(H2,23,24,25). The average Bonchev–Trinajstić information content (AvgIpc) is 2.94. The highest BCUT2D eigenvalue weighted by molar-refractivity contribution is 5.79. The molecule has 1 fully saturated rings. The van der Waals surface area contributed by atoms with E-state index in [1.807, 2.05) is 20.8 Å². The molecular formula is C19H32F3N5O. The van der Waals surface area contributed by atoms with Gasteiger partial charge < -0.3 is 15.2 Å². The normalized spacial score (nSPS) is 17.1. The van der Waals surface area contributed by atoms with Crippen LogP contribution in [0.3, 0.4) is 0 Å². The second-order valence-electron chi connectivity index (χ2n) is 7.36. The zero-order valence-electron chi connectivity index (χ0n) is 17.0. The van der Waals surface area contributed by atoms with Gasteiger partial charge in [-0.25, -0.2) is 0 Å². The van der Waals surface area contributed by atoms with E-state index in [9.17, 15) is 13.2 Å². The van der Waals surface area contributed by atoms with Crippen LogP contribution in [0.1, 0.15) is 43.2 Å². The molecule has 0 bridgehead atoms. The van der Waals surface area contributed by atoms with Gasteiger partial charge in [0.25, 0.3) is 0 Å². The Balaban J connectivity index is 1.71. The van der Waals surface area contributed by atoms with Crippen LogP contribution in [-0.4, -0.2) is 61.5 Å². The summed E-state index contributed by atoms with van der Waals surface area (Å²) in [6, 6.07) is 0. The maximum Gasteiger partial charge on any atom is 0.401 e. The van der Waals surface area contributed by atoms with Crippen LogP contribution < -0.4 is 10.6 Å². The van der Waals surface area contributed by atoms with Crippen molar-refractivity contribution in [2.24, 2.45) is 10.9 Å². The Hall–Kier alpha value is -1.77. The Kier molecular flexibility index (Phi) is 8.59. The fourth-order valence-electron chi connectivity index (χ4n) is 3.55. The van der Waals surface area contributed by atoms with E-state index in [0.29, 0.717) is 25.6 Å². The maximum atomic E-state index is 12.5. The summed E-state index contributed by atoms with van der Waals surface area (Å²) < 4.78 is 42.5. The Morgan fingerprint density at radius 2 is 1.96 bits per heavy atom. The molecule has 2 heterocycles. The summed E-state index contributed by atoms with van der Waals surface area (Å²) in [7, 11) is 0. The van der Waals surface area contributed by atoms with Gasteiger partial charge in [-0.15, -0.1) is 0 Å². The van der Waals surface area contributed by atoms with Crippen LogP contribution in [0, 0.1) is 19.8 Å². The first kappa shape index (κ1) is 22.5. The van der Waals surface area contributed by atoms with Gasteiger partial charge in [0, 0.05) is 25.2 Å². The van der Waals surface area contributed by atoms with E-state index in [1.165, 1.54) is 4.90 Å². The number of aryl methyl sites for hydroxylation is 2. The van der Waals surface area contributed by atoms with Crippen LogP contribution in [0.4, 0.5) is 13.2 Å². The van der Waals surface area contributed by atoms with E-state index in [0.717, 1.165) is 61.7 Å². The number of halogens is 3. The Bertz CT molecular complexity index is 602. The molecular weight excluding hydrogens is 371 g/mol. The molecule has 2 N–H and O–H groups in total. The van der Waals surface area contributed by atoms with Crippen LogP contribution in [0.2, 0.25) is 0 Å². The van der Waals surface area contributed by atoms with Crippen molar-refractivity contribution in [3.05, 3.63) is 17.0 Å². The summed E-state index contributed by atoms with van der Waals surface area (Å²) in [6.45, 7) is 8.27. The predicted molar refractivity (Wildman–Crippen MR) is 103 cm³/mol. The SMILES string of the molecule is CCNC(=NCCC1CCN(CC(F)(F)F)CC1)NCCc1c(C)noc1C. The van der Waals surface area contributed by atoms with Crippen molar-refractivity contribution in [1.29, 1.82) is 0 Å². The maximum absolute atomic E-state index is 12.5. The first-order valence-electron chi connectivity index (χ1n) is 10.0. The van der Waals surface area contributed by atoms with Crippen LogP contribution >= 0.6 is 0 Å². The smallest absolute Gasteiger partial charge is 0.361 e. The number of hydrogen-bond acceptors (Lipinski definition) is 4. The number of nitrogens with zero attached hydrogens (tertiary/aromatic N) is 3. The molecule has 1 aromatic heterocycles. The molecule has 160 valence electrons. The molecule has 0 aromatic carbocycles. The van der Waals surface area contributed by atoms with Crippen LogP contribution in [0.15, 0.2) is 9.52 Å². The second-order valence-corrected chi connectivity index (χ2v) is 7.36. The third kappa shape index (κ3) is 7.69. The second kappa shape index (κ2) is 10.7. The molecule has 1 aliphatic heterocycles. The lowest BCUT2D eigenvalue weighted by molar-refractivity contribution is -0.148. The molecule has 1 aliphatic rings. The summed E-state index contributed by atoms with van der Waals surface area (Å²) in [5.41, 5.74) is 2.03. The van der Waals surface area contributed by atoms with Crippen molar-refractivity contribution in [1.82, 2.24) is 20.7 Å². The van der Waals surface area contributed by atoms with Crippen molar-refractivity contribution >= 4 is 5.96 Å². The average molecular weight is 403 g/mol. The quantitative estimate of drug-likeness (QED) is 0.516. The predicted octanol–water partition coefficient (Wildman–Crippen LogP) is 3.05. The number of rotatable bonds is 8. The lowest BCUT2D eigenvalue weighted by atomic mass is 9.93. The van der Waals surface area contributed by atoms with Gasteiger partial charge in [-0.3, -0.25) is 9.89 Å². The first-order chi connectivity index (χ1) is 13.3. The van der Waals surface area contributed by atoms with Gasteiger partial charge in [0.2, 0.25) is 0 Å². The molecule has 2 rings (SSSR count). The van der Waals surface area contributed by atoms with Crippen LogP contribution in [-0.2, 0) is 6.42 Å². The van der Waals surface area contributed by atoms with Crippen molar-refractivity contribution in [3.8, 4) is 0 Å². The molecule has 0 unspecified atom stereocenters. The molecule has 0 aliphatic carbocycles. The molecule has 0 amide bonds. The van der Waals surface area contributed by atoms with Gasteiger partial charge in [-0.05, 0) is 65.5 Å². The van der Waals surface area contributed by atoms with E-state index in [-0.39, 0.29) is 0 Å². The third-order valence-corrected chi connectivity index (χ3v) is 5.11. The molecule has 6 nitrogen and oxygen atoms in total. The highest BCUT2D eigenvalue weighted by atomic mass is 19.4. The molecule has 0 saturated carbocycles. The Morgan fingerprint density at radius 3 is 2.54 bits per heavy atom. The Labute approximate surface area is 164 Å². The fourth-order valence-corrected chi connectivity index (χ4v) is 3.55. The zero-order chi connectivity index (χ0) is 20.6. The van der Waals surface area contributed by atoms with Crippen molar-refractivity contribution < 1.29 is 17.7 Å². The fraction of sp³-hybridized carbons (Fsp3) is 0.789. The van der Waals surface area contributed by atoms with E-state index >= 15 is 0 Å². The van der Waals surface area contributed by atoms with Crippen LogP contribution in [0.25, 0.3) is 0 Å². The minimum absolute atomic E-state index is 0.443. The van der Waals surface area contributed by atoms with Gasteiger partial charge in [-0.2, -0.15) is 13.2 Å². The number of aliphatic imine (C=N–C) groups is 1. The number of aromatic nitrogens is 1. The van der Waals surface area contributed by atoms with Gasteiger partial charge in [0.05, 0.1) is 12.2 Å². The van der Waals surface area contributed by atoms with Crippen molar-refractivity contribution in [2.75, 3.05) is 39.3 Å². The van der Waals surface area contributed by atoms with E-state index in [2.05, 4.69) is 20.8 Å². The molecule has 1 aromatic rings. The lowest BCUT2D eigenvalue weighted by Crippen LogP contribution is -2.40. The minimum Gasteiger partial charge on any atom is -0.361 e. The van der Waals surface area contributed by atoms with Gasteiger partial charge in [0.15, 0.2) is 5.96 Å². The summed E-state index contributed by atoms with van der Waals surface area (Å²) in [6.07, 6.45) is -0.778. The van der Waals surface area contributed by atoms with Gasteiger partial charge in [0.1, 0.15) is 5.76 Å². The highest BCUT2D eigenvalue weighted by Gasteiger charge is 2.32. The van der Waals surface area contributed by atoms with Crippen molar-refractivity contribution in [2.45, 2.75) is 52.6 Å². The number of piperidine rings is 1. The Morgan fingerprint density at radius 1 is 1.25 bits per heavy atom. The number of alkyl halides is 3. The van der Waals surface area contributed by atoms with E-state index in [4.69, 9.17) is 4.52 Å². The van der Waals surface area contributed by atoms with Gasteiger partial charge in [-0.1, -0.05) is 5.16 Å². The molecule has 28 heavy (non-hydrogen) atoms. The minimum atomic E-state index is -4.10. The zero-order valence-corrected chi connectivity index (χ0v) is 17.0. The number of hydrogen-bond donors (Lipinski definition) is 2. The monoisotopic (exact) mass is 403 g/mol. The highest BCUT2D eigenvalue weighted by Crippen LogP contribution is 2.24. The number of guanidine groups is 1. The lowest BCUT2D eigenvalue weighted by Gasteiger charge is -2.32. The molecule has 0 atom stereocenters. The molecule has 0 radical (unpaired) electrons. The molecule has 9 heteroatoms. The molecule has 0 spiro atoms. The molecule has 1 saturated heterocycles. The van der Waals surface area contributed by atoms with E-state index in [1.54, 1.807) is 0 Å². The first-order valence-corrected chi connectivity index (χ1v) is 10.0. The van der Waals surface area contributed by atoms with E-state index < -0.39 is 12.7 Å². The summed E-state index contributed by atoms with van der Waals surface area (Å²) in [4.78, 5) is 6.11. The summed E-state index contributed by atoms with van der Waals surface area (Å²) in [5.74, 6) is 2.06. The summed E-state index contributed by atoms with van der Waals surface area (Å²) >= 11 is 0.